The first-order chi connectivity index (χ1) is 12.2. The molecule has 0 aliphatic heterocycles. The summed E-state index contributed by atoms with van der Waals surface area (Å²) >= 11 is 0. The fourth-order valence-corrected chi connectivity index (χ4v) is 3.97. The zero-order valence-electron chi connectivity index (χ0n) is 13.8. The molecule has 0 spiro atoms. The number of nitrogens with one attached hydrogen (secondary N) is 1. The van der Waals surface area contributed by atoms with Gasteiger partial charge in [-0.15, -0.1) is 0 Å². The number of H-pyrrole nitrogens is 1. The zero-order chi connectivity index (χ0) is 18.9. The van der Waals surface area contributed by atoms with Gasteiger partial charge in [0, 0.05) is 22.6 Å². The Labute approximate surface area is 149 Å². The Kier molecular flexibility index (Phi) is 4.95. The minimum Gasteiger partial charge on any atom is -0.310 e. The van der Waals surface area contributed by atoms with Crippen LogP contribution >= 0.6 is 0 Å². The van der Waals surface area contributed by atoms with Crippen molar-refractivity contribution in [2.75, 3.05) is 0 Å². The van der Waals surface area contributed by atoms with Gasteiger partial charge >= 0.3 is 6.18 Å². The molecule has 0 bridgehead atoms. The van der Waals surface area contributed by atoms with E-state index in [0.717, 1.165) is 21.9 Å². The monoisotopic (exact) mass is 380 g/mol. The Morgan fingerprint density at radius 1 is 1.12 bits per heavy atom. The Morgan fingerprint density at radius 3 is 2.58 bits per heavy atom. The van der Waals surface area contributed by atoms with Crippen LogP contribution in [0.1, 0.15) is 22.6 Å². The first kappa shape index (κ1) is 18.3. The first-order valence-electron chi connectivity index (χ1n) is 7.73. The van der Waals surface area contributed by atoms with Crippen molar-refractivity contribution in [2.45, 2.75) is 24.6 Å². The fourth-order valence-electron chi connectivity index (χ4n) is 2.72. The first-order valence-corrected chi connectivity index (χ1v) is 9.22. The quantitative estimate of drug-likeness (QED) is 0.751. The molecule has 3 aromatic rings. The Morgan fingerprint density at radius 2 is 1.85 bits per heavy atom. The molecule has 1 atom stereocenters. The van der Waals surface area contributed by atoms with Crippen LogP contribution in [0.25, 0.3) is 10.8 Å². The summed E-state index contributed by atoms with van der Waals surface area (Å²) in [5.41, 5.74) is -0.381. The highest BCUT2D eigenvalue weighted by Gasteiger charge is 2.33. The molecular weight excluding hydrogens is 365 g/mol. The standard InChI is InChI=1S/C18H15F3N2O2S/c1-11-6-7-12-4-2-3-5-13(12)14(11)9-26(25)10-16-22-15(18(19,20)21)8-17(24)23-16/h2-8H,9-10H2,1H3,(H,22,23,24). The van der Waals surface area contributed by atoms with Crippen molar-refractivity contribution in [1.29, 1.82) is 0 Å². The second-order valence-corrected chi connectivity index (χ2v) is 7.34. The molecule has 1 N–H and O–H groups in total. The number of alkyl halides is 3. The number of aryl methyl sites for hydroxylation is 1. The number of fused-ring (bicyclic) bond motifs is 1. The molecule has 0 amide bonds. The van der Waals surface area contributed by atoms with Crippen molar-refractivity contribution in [1.82, 2.24) is 9.97 Å². The van der Waals surface area contributed by atoms with E-state index in [1.807, 2.05) is 43.3 Å². The fraction of sp³-hybridized carbons (Fsp3) is 0.222. The number of hydrogen-bond donors (Lipinski definition) is 1. The molecule has 1 unspecified atom stereocenters. The van der Waals surface area contributed by atoms with Crippen molar-refractivity contribution in [3.8, 4) is 0 Å². The summed E-state index contributed by atoms with van der Waals surface area (Å²) in [7, 11) is -1.53. The topological polar surface area (TPSA) is 62.8 Å². The molecule has 2 aromatic carbocycles. The maximum Gasteiger partial charge on any atom is 0.433 e. The smallest absolute Gasteiger partial charge is 0.310 e. The van der Waals surface area contributed by atoms with Gasteiger partial charge < -0.3 is 4.98 Å². The average molecular weight is 380 g/mol. The molecule has 0 aliphatic rings. The predicted molar refractivity (Wildman–Crippen MR) is 94.1 cm³/mol. The lowest BCUT2D eigenvalue weighted by atomic mass is 10.0. The molecule has 26 heavy (non-hydrogen) atoms. The largest absolute Gasteiger partial charge is 0.433 e. The van der Waals surface area contributed by atoms with E-state index in [-0.39, 0.29) is 17.3 Å². The van der Waals surface area contributed by atoms with Crippen LogP contribution in [0.4, 0.5) is 13.2 Å². The molecule has 0 saturated carbocycles. The van der Waals surface area contributed by atoms with E-state index in [1.165, 1.54) is 0 Å². The van der Waals surface area contributed by atoms with Crippen LogP contribution in [0.3, 0.4) is 0 Å². The summed E-state index contributed by atoms with van der Waals surface area (Å²) in [6, 6.07) is 11.9. The molecule has 0 radical (unpaired) electrons. The third-order valence-corrected chi connectivity index (χ3v) is 5.17. The van der Waals surface area contributed by atoms with Gasteiger partial charge in [-0.1, -0.05) is 36.4 Å². The summed E-state index contributed by atoms with van der Waals surface area (Å²) in [6.45, 7) is 1.89. The molecule has 0 fully saturated rings. The number of nitrogens with zero attached hydrogens (tertiary/aromatic N) is 1. The van der Waals surface area contributed by atoms with Crippen LogP contribution < -0.4 is 5.56 Å². The third kappa shape index (κ3) is 4.01. The van der Waals surface area contributed by atoms with Crippen molar-refractivity contribution in [3.05, 3.63) is 75.5 Å². The second kappa shape index (κ2) is 7.03. The van der Waals surface area contributed by atoms with Crippen LogP contribution in [0, 0.1) is 6.92 Å². The third-order valence-electron chi connectivity index (χ3n) is 3.96. The highest BCUT2D eigenvalue weighted by atomic mass is 32.2. The van der Waals surface area contributed by atoms with Gasteiger partial charge in [0.1, 0.15) is 5.82 Å². The normalized spacial score (nSPS) is 13.1. The Bertz CT molecular complexity index is 1040. The van der Waals surface area contributed by atoms with Crippen LogP contribution in [0.5, 0.6) is 0 Å². The zero-order valence-corrected chi connectivity index (χ0v) is 14.6. The van der Waals surface area contributed by atoms with Crippen LogP contribution in [0.2, 0.25) is 0 Å². The van der Waals surface area contributed by atoms with Gasteiger partial charge in [-0.3, -0.25) is 9.00 Å². The maximum absolute atomic E-state index is 12.8. The van der Waals surface area contributed by atoms with E-state index < -0.39 is 28.2 Å². The number of benzene rings is 2. The van der Waals surface area contributed by atoms with Gasteiger partial charge in [0.15, 0.2) is 5.69 Å². The summed E-state index contributed by atoms with van der Waals surface area (Å²) < 4.78 is 50.8. The number of hydrogen-bond acceptors (Lipinski definition) is 3. The lowest BCUT2D eigenvalue weighted by Crippen LogP contribution is -2.19. The highest BCUT2D eigenvalue weighted by molar-refractivity contribution is 7.83. The molecule has 136 valence electrons. The lowest BCUT2D eigenvalue weighted by molar-refractivity contribution is -0.141. The molecule has 0 saturated heterocycles. The van der Waals surface area contributed by atoms with E-state index in [4.69, 9.17) is 0 Å². The van der Waals surface area contributed by atoms with Gasteiger partial charge in [-0.05, 0) is 28.8 Å². The van der Waals surface area contributed by atoms with Crippen LogP contribution in [-0.4, -0.2) is 14.2 Å². The maximum atomic E-state index is 12.8. The second-order valence-electron chi connectivity index (χ2n) is 5.89. The van der Waals surface area contributed by atoms with Crippen molar-refractivity contribution < 1.29 is 17.4 Å². The molecule has 0 aliphatic carbocycles. The van der Waals surface area contributed by atoms with E-state index in [2.05, 4.69) is 9.97 Å². The number of rotatable bonds is 4. The summed E-state index contributed by atoms with van der Waals surface area (Å²) in [5, 5.41) is 1.95. The lowest BCUT2D eigenvalue weighted by Gasteiger charge is -2.11. The average Bonchev–Trinajstić information content (AvgIpc) is 2.56. The highest BCUT2D eigenvalue weighted by Crippen LogP contribution is 2.27. The predicted octanol–water partition coefficient (Wildman–Crippen LogP) is 3.70. The van der Waals surface area contributed by atoms with Crippen LogP contribution in [-0.2, 0) is 28.5 Å². The summed E-state index contributed by atoms with van der Waals surface area (Å²) in [6.07, 6.45) is -4.73. The number of aromatic amines is 1. The van der Waals surface area contributed by atoms with Gasteiger partial charge in [0.2, 0.25) is 0 Å². The van der Waals surface area contributed by atoms with Crippen LogP contribution in [0.15, 0.2) is 47.3 Å². The van der Waals surface area contributed by atoms with E-state index in [0.29, 0.717) is 6.07 Å². The van der Waals surface area contributed by atoms with Gasteiger partial charge in [0.05, 0.1) is 5.75 Å². The van der Waals surface area contributed by atoms with Crippen molar-refractivity contribution in [2.24, 2.45) is 0 Å². The SMILES string of the molecule is Cc1ccc2ccccc2c1CS(=O)Cc1nc(C(F)(F)F)cc(=O)[nH]1. The molecule has 1 heterocycles. The van der Waals surface area contributed by atoms with E-state index >= 15 is 0 Å². The molecule has 1 aromatic heterocycles. The molecule has 4 nitrogen and oxygen atoms in total. The van der Waals surface area contributed by atoms with E-state index in [9.17, 15) is 22.2 Å². The Hall–Kier alpha value is -2.48. The van der Waals surface area contributed by atoms with Gasteiger partial charge in [0.25, 0.3) is 5.56 Å². The molecule has 8 heteroatoms. The van der Waals surface area contributed by atoms with Crippen molar-refractivity contribution >= 4 is 21.6 Å². The minimum absolute atomic E-state index is 0.160. The molecular formula is C18H15F3N2O2S. The van der Waals surface area contributed by atoms with Gasteiger partial charge in [-0.2, -0.15) is 13.2 Å². The molecule has 3 rings (SSSR count). The van der Waals surface area contributed by atoms with Crippen molar-refractivity contribution in [3.63, 3.8) is 0 Å². The summed E-state index contributed by atoms with van der Waals surface area (Å²) in [4.78, 5) is 17.1. The minimum atomic E-state index is -4.73. The van der Waals surface area contributed by atoms with Gasteiger partial charge in [-0.25, -0.2) is 4.98 Å². The van der Waals surface area contributed by atoms with E-state index in [1.54, 1.807) is 0 Å². The summed E-state index contributed by atoms with van der Waals surface area (Å²) in [5.74, 6) is -0.337. The number of aromatic nitrogens is 2. The Balaban J connectivity index is 1.88. The number of halogens is 3.